The lowest BCUT2D eigenvalue weighted by molar-refractivity contribution is 0.573. The van der Waals surface area contributed by atoms with Gasteiger partial charge in [0.05, 0.1) is 10.7 Å². The van der Waals surface area contributed by atoms with Crippen molar-refractivity contribution in [2.75, 3.05) is 6.54 Å². The lowest BCUT2D eigenvalue weighted by atomic mass is 9.93. The molecule has 106 valence electrons. The van der Waals surface area contributed by atoms with Gasteiger partial charge in [0.1, 0.15) is 0 Å². The number of rotatable bonds is 6. The Balaban J connectivity index is 1.74. The lowest BCUT2D eigenvalue weighted by Crippen LogP contribution is -2.25. The number of aryl methyl sites for hydroxylation is 2. The Bertz CT molecular complexity index is 572. The van der Waals surface area contributed by atoms with Crippen LogP contribution in [0.2, 0.25) is 0 Å². The van der Waals surface area contributed by atoms with Crippen molar-refractivity contribution in [2.24, 2.45) is 0 Å². The SMILES string of the molecule is Cc1cccc(C(CNC2CC2)Cc2csc(C)n2)c1. The molecule has 0 amide bonds. The molecule has 1 aliphatic carbocycles. The minimum atomic E-state index is 0.525. The first-order valence-corrected chi connectivity index (χ1v) is 8.29. The Labute approximate surface area is 125 Å². The first-order valence-electron chi connectivity index (χ1n) is 7.41. The minimum Gasteiger partial charge on any atom is -0.313 e. The van der Waals surface area contributed by atoms with Crippen LogP contribution in [0.3, 0.4) is 0 Å². The largest absolute Gasteiger partial charge is 0.313 e. The van der Waals surface area contributed by atoms with E-state index in [1.807, 2.05) is 0 Å². The normalized spacial score (nSPS) is 16.3. The number of nitrogens with zero attached hydrogens (tertiary/aromatic N) is 1. The average molecular weight is 286 g/mol. The molecule has 1 N–H and O–H groups in total. The van der Waals surface area contributed by atoms with E-state index in [1.54, 1.807) is 11.3 Å². The molecule has 0 saturated heterocycles. The summed E-state index contributed by atoms with van der Waals surface area (Å²) in [5.41, 5.74) is 4.01. The molecule has 0 radical (unpaired) electrons. The van der Waals surface area contributed by atoms with E-state index < -0.39 is 0 Å². The minimum absolute atomic E-state index is 0.525. The van der Waals surface area contributed by atoms with Crippen LogP contribution in [-0.2, 0) is 6.42 Å². The van der Waals surface area contributed by atoms with E-state index in [1.165, 1.54) is 29.7 Å². The Morgan fingerprint density at radius 3 is 2.85 bits per heavy atom. The maximum atomic E-state index is 4.63. The summed E-state index contributed by atoms with van der Waals surface area (Å²) in [5.74, 6) is 0.525. The van der Waals surface area contributed by atoms with Crippen molar-refractivity contribution in [3.63, 3.8) is 0 Å². The smallest absolute Gasteiger partial charge is 0.0897 e. The molecule has 3 heteroatoms. The van der Waals surface area contributed by atoms with Crippen LogP contribution in [0.5, 0.6) is 0 Å². The summed E-state index contributed by atoms with van der Waals surface area (Å²) in [6, 6.07) is 9.67. The van der Waals surface area contributed by atoms with Crippen LogP contribution < -0.4 is 5.32 Å². The van der Waals surface area contributed by atoms with Crippen LogP contribution in [0, 0.1) is 13.8 Å². The molecule has 1 heterocycles. The van der Waals surface area contributed by atoms with Crippen LogP contribution in [0.15, 0.2) is 29.6 Å². The van der Waals surface area contributed by atoms with Gasteiger partial charge in [-0.2, -0.15) is 0 Å². The molecule has 0 bridgehead atoms. The summed E-state index contributed by atoms with van der Waals surface area (Å²) in [4.78, 5) is 4.63. The fourth-order valence-electron chi connectivity index (χ4n) is 2.58. The summed E-state index contributed by atoms with van der Waals surface area (Å²) < 4.78 is 0. The van der Waals surface area contributed by atoms with Crippen LogP contribution in [0.25, 0.3) is 0 Å². The lowest BCUT2D eigenvalue weighted by Gasteiger charge is -2.18. The van der Waals surface area contributed by atoms with E-state index in [9.17, 15) is 0 Å². The van der Waals surface area contributed by atoms with E-state index in [0.717, 1.165) is 24.0 Å². The van der Waals surface area contributed by atoms with Gasteiger partial charge < -0.3 is 5.32 Å². The third-order valence-corrected chi connectivity index (χ3v) is 4.69. The number of thiazole rings is 1. The Morgan fingerprint density at radius 1 is 1.35 bits per heavy atom. The quantitative estimate of drug-likeness (QED) is 0.873. The van der Waals surface area contributed by atoms with Gasteiger partial charge in [0.25, 0.3) is 0 Å². The summed E-state index contributed by atoms with van der Waals surface area (Å²) in [7, 11) is 0. The molecule has 1 aromatic carbocycles. The third-order valence-electron chi connectivity index (χ3n) is 3.87. The molecule has 20 heavy (non-hydrogen) atoms. The van der Waals surface area contributed by atoms with Crippen LogP contribution in [0.4, 0.5) is 0 Å². The van der Waals surface area contributed by atoms with Gasteiger partial charge in [-0.3, -0.25) is 0 Å². The van der Waals surface area contributed by atoms with E-state index >= 15 is 0 Å². The first-order chi connectivity index (χ1) is 9.70. The monoisotopic (exact) mass is 286 g/mol. The number of benzene rings is 1. The Hall–Kier alpha value is -1.19. The Morgan fingerprint density at radius 2 is 2.20 bits per heavy atom. The summed E-state index contributed by atoms with van der Waals surface area (Å²) in [5, 5.41) is 7.05. The second-order valence-corrected chi connectivity index (χ2v) is 6.92. The van der Waals surface area contributed by atoms with Crippen molar-refractivity contribution in [2.45, 2.75) is 45.1 Å². The highest BCUT2D eigenvalue weighted by Crippen LogP contribution is 2.25. The highest BCUT2D eigenvalue weighted by Gasteiger charge is 2.23. The average Bonchev–Trinajstić information content (AvgIpc) is 3.17. The van der Waals surface area contributed by atoms with Gasteiger partial charge in [0.15, 0.2) is 0 Å². The Kier molecular flexibility index (Phi) is 4.18. The van der Waals surface area contributed by atoms with Gasteiger partial charge in [-0.25, -0.2) is 4.98 Å². The zero-order valence-electron chi connectivity index (χ0n) is 12.2. The van der Waals surface area contributed by atoms with Crippen molar-refractivity contribution in [3.05, 3.63) is 51.5 Å². The van der Waals surface area contributed by atoms with Gasteiger partial charge in [-0.1, -0.05) is 29.8 Å². The highest BCUT2D eigenvalue weighted by atomic mass is 32.1. The highest BCUT2D eigenvalue weighted by molar-refractivity contribution is 7.09. The van der Waals surface area contributed by atoms with E-state index in [-0.39, 0.29) is 0 Å². The second kappa shape index (κ2) is 6.06. The molecule has 1 unspecified atom stereocenters. The maximum Gasteiger partial charge on any atom is 0.0897 e. The molecular formula is C17H22N2S. The molecule has 0 spiro atoms. The number of hydrogen-bond acceptors (Lipinski definition) is 3. The topological polar surface area (TPSA) is 24.9 Å². The van der Waals surface area contributed by atoms with Crippen LogP contribution in [0.1, 0.15) is 40.6 Å². The molecule has 1 saturated carbocycles. The van der Waals surface area contributed by atoms with E-state index in [4.69, 9.17) is 0 Å². The number of nitrogens with one attached hydrogen (secondary N) is 1. The molecule has 3 rings (SSSR count). The van der Waals surface area contributed by atoms with Crippen molar-refractivity contribution in [1.29, 1.82) is 0 Å². The molecule has 1 aromatic heterocycles. The molecular weight excluding hydrogens is 264 g/mol. The molecule has 0 aliphatic heterocycles. The summed E-state index contributed by atoms with van der Waals surface area (Å²) >= 11 is 1.75. The second-order valence-electron chi connectivity index (χ2n) is 5.86. The fraction of sp³-hybridized carbons (Fsp3) is 0.471. The standard InChI is InChI=1S/C17H22N2S/c1-12-4-3-5-14(8-12)15(10-18-16-6-7-16)9-17-11-20-13(2)19-17/h3-5,8,11,15-16,18H,6-7,9-10H2,1-2H3. The molecule has 1 fully saturated rings. The molecule has 1 aliphatic rings. The van der Waals surface area contributed by atoms with Crippen LogP contribution in [-0.4, -0.2) is 17.6 Å². The number of hydrogen-bond donors (Lipinski definition) is 1. The maximum absolute atomic E-state index is 4.63. The molecule has 2 aromatic rings. The zero-order valence-corrected chi connectivity index (χ0v) is 13.0. The van der Waals surface area contributed by atoms with Crippen molar-refractivity contribution in [1.82, 2.24) is 10.3 Å². The predicted molar refractivity (Wildman–Crippen MR) is 85.5 cm³/mol. The van der Waals surface area contributed by atoms with Gasteiger partial charge in [-0.15, -0.1) is 11.3 Å². The van der Waals surface area contributed by atoms with Gasteiger partial charge in [-0.05, 0) is 38.7 Å². The predicted octanol–water partition coefficient (Wildman–Crippen LogP) is 3.84. The fourth-order valence-corrected chi connectivity index (χ4v) is 3.21. The van der Waals surface area contributed by atoms with Crippen molar-refractivity contribution < 1.29 is 0 Å². The van der Waals surface area contributed by atoms with Crippen molar-refractivity contribution >= 4 is 11.3 Å². The van der Waals surface area contributed by atoms with Gasteiger partial charge in [0, 0.05) is 23.9 Å². The molecule has 1 atom stereocenters. The number of aromatic nitrogens is 1. The van der Waals surface area contributed by atoms with Crippen LogP contribution >= 0.6 is 11.3 Å². The summed E-state index contributed by atoms with van der Waals surface area (Å²) in [6.45, 7) is 5.31. The zero-order chi connectivity index (χ0) is 13.9. The first kappa shape index (κ1) is 13.8. The summed E-state index contributed by atoms with van der Waals surface area (Å²) in [6.07, 6.45) is 3.72. The molecule has 2 nitrogen and oxygen atoms in total. The van der Waals surface area contributed by atoms with Gasteiger partial charge >= 0.3 is 0 Å². The van der Waals surface area contributed by atoms with E-state index in [2.05, 4.69) is 53.8 Å². The third kappa shape index (κ3) is 3.68. The van der Waals surface area contributed by atoms with Gasteiger partial charge in [0.2, 0.25) is 0 Å². The van der Waals surface area contributed by atoms with Crippen molar-refractivity contribution in [3.8, 4) is 0 Å². The van der Waals surface area contributed by atoms with E-state index in [0.29, 0.717) is 5.92 Å².